The molecule has 1 atom stereocenters. The molecule has 3 N–H and O–H groups in total. The fourth-order valence-corrected chi connectivity index (χ4v) is 1.13. The molecule has 1 aromatic rings. The number of primary amides is 1. The van der Waals surface area contributed by atoms with E-state index in [2.05, 4.69) is 0 Å². The predicted molar refractivity (Wildman–Crippen MR) is 56.4 cm³/mol. The van der Waals surface area contributed by atoms with Crippen LogP contribution in [0.4, 0.5) is 0 Å². The predicted octanol–water partition coefficient (Wildman–Crippen LogP) is 0.994. The van der Waals surface area contributed by atoms with E-state index >= 15 is 0 Å². The van der Waals surface area contributed by atoms with Gasteiger partial charge in [-0.3, -0.25) is 4.79 Å². The van der Waals surface area contributed by atoms with Gasteiger partial charge in [-0.15, -0.1) is 0 Å². The lowest BCUT2D eigenvalue weighted by Gasteiger charge is -2.08. The fourth-order valence-electron chi connectivity index (χ4n) is 1.13. The Balaban J connectivity index is 2.54. The highest BCUT2D eigenvalue weighted by molar-refractivity contribution is 5.73. The summed E-state index contributed by atoms with van der Waals surface area (Å²) in [4.78, 5) is 10.5. The topological polar surface area (TPSA) is 72.6 Å². The molecule has 4 heteroatoms. The van der Waals surface area contributed by atoms with Gasteiger partial charge in [-0.2, -0.15) is 0 Å². The standard InChI is InChI=1S/C11H15NO3/c1-8(13)9-3-2-4-10(7-9)15-6-5-11(12)14/h2-4,7-8,13H,5-6H2,1H3,(H2,12,14)/t8-/m1/s1. The van der Waals surface area contributed by atoms with E-state index in [9.17, 15) is 9.90 Å². The second kappa shape index (κ2) is 5.36. The van der Waals surface area contributed by atoms with Crippen LogP contribution in [0.3, 0.4) is 0 Å². The molecule has 0 spiro atoms. The summed E-state index contributed by atoms with van der Waals surface area (Å²) in [5.74, 6) is 0.247. The van der Waals surface area contributed by atoms with E-state index in [1.807, 2.05) is 6.07 Å². The van der Waals surface area contributed by atoms with Gasteiger partial charge in [-0.1, -0.05) is 12.1 Å². The van der Waals surface area contributed by atoms with Crippen LogP contribution in [0.1, 0.15) is 25.0 Å². The summed E-state index contributed by atoms with van der Waals surface area (Å²) in [6.07, 6.45) is -0.330. The van der Waals surface area contributed by atoms with Crippen molar-refractivity contribution in [1.82, 2.24) is 0 Å². The van der Waals surface area contributed by atoms with Crippen molar-refractivity contribution < 1.29 is 14.6 Å². The minimum atomic E-state index is -0.523. The zero-order chi connectivity index (χ0) is 11.3. The SMILES string of the molecule is C[C@@H](O)c1cccc(OCCC(N)=O)c1. The van der Waals surface area contributed by atoms with E-state index in [0.717, 1.165) is 5.56 Å². The Bertz CT molecular complexity index is 336. The number of nitrogens with two attached hydrogens (primary N) is 1. The number of benzene rings is 1. The van der Waals surface area contributed by atoms with E-state index in [1.165, 1.54) is 0 Å². The van der Waals surface area contributed by atoms with Gasteiger partial charge in [0.2, 0.25) is 5.91 Å². The van der Waals surface area contributed by atoms with Gasteiger partial charge in [0.15, 0.2) is 0 Å². The van der Waals surface area contributed by atoms with Crippen molar-refractivity contribution >= 4 is 5.91 Å². The van der Waals surface area contributed by atoms with Crippen LogP contribution in [0, 0.1) is 0 Å². The Morgan fingerprint density at radius 2 is 2.33 bits per heavy atom. The molecule has 15 heavy (non-hydrogen) atoms. The first-order valence-electron chi connectivity index (χ1n) is 4.78. The largest absolute Gasteiger partial charge is 0.493 e. The smallest absolute Gasteiger partial charge is 0.220 e. The third-order valence-electron chi connectivity index (χ3n) is 1.96. The first-order chi connectivity index (χ1) is 7.09. The number of ether oxygens (including phenoxy) is 1. The molecular weight excluding hydrogens is 194 g/mol. The van der Waals surface area contributed by atoms with Crippen molar-refractivity contribution in [1.29, 1.82) is 0 Å². The van der Waals surface area contributed by atoms with Crippen LogP contribution in [0.5, 0.6) is 5.75 Å². The van der Waals surface area contributed by atoms with Crippen LogP contribution < -0.4 is 10.5 Å². The molecule has 1 aromatic carbocycles. The second-order valence-electron chi connectivity index (χ2n) is 3.31. The summed E-state index contributed by atoms with van der Waals surface area (Å²) < 4.78 is 5.30. The van der Waals surface area contributed by atoms with Gasteiger partial charge in [0.05, 0.1) is 19.1 Å². The van der Waals surface area contributed by atoms with Gasteiger partial charge in [0.1, 0.15) is 5.75 Å². The molecule has 0 saturated carbocycles. The van der Waals surface area contributed by atoms with E-state index in [-0.39, 0.29) is 18.9 Å². The number of carbonyl (C=O) groups is 1. The van der Waals surface area contributed by atoms with Crippen LogP contribution in [-0.4, -0.2) is 17.6 Å². The molecule has 1 rings (SSSR count). The van der Waals surface area contributed by atoms with Crippen molar-refractivity contribution in [2.75, 3.05) is 6.61 Å². The molecule has 0 unspecified atom stereocenters. The first-order valence-corrected chi connectivity index (χ1v) is 4.78. The van der Waals surface area contributed by atoms with Crippen LogP contribution in [0.25, 0.3) is 0 Å². The minimum absolute atomic E-state index is 0.193. The lowest BCUT2D eigenvalue weighted by Crippen LogP contribution is -2.14. The minimum Gasteiger partial charge on any atom is -0.493 e. The number of aliphatic hydroxyl groups is 1. The number of aliphatic hydroxyl groups excluding tert-OH is 1. The molecule has 0 fully saturated rings. The van der Waals surface area contributed by atoms with Gasteiger partial charge in [-0.25, -0.2) is 0 Å². The van der Waals surface area contributed by atoms with Crippen molar-refractivity contribution in [3.63, 3.8) is 0 Å². The Hall–Kier alpha value is -1.55. The molecule has 0 aliphatic rings. The third kappa shape index (κ3) is 3.99. The third-order valence-corrected chi connectivity index (χ3v) is 1.96. The Morgan fingerprint density at radius 3 is 2.93 bits per heavy atom. The maximum absolute atomic E-state index is 10.5. The quantitative estimate of drug-likeness (QED) is 0.759. The second-order valence-corrected chi connectivity index (χ2v) is 3.31. The highest BCUT2D eigenvalue weighted by atomic mass is 16.5. The van der Waals surface area contributed by atoms with Crippen molar-refractivity contribution in [3.8, 4) is 5.75 Å². The maximum Gasteiger partial charge on any atom is 0.220 e. The molecule has 1 amide bonds. The Labute approximate surface area is 88.7 Å². The molecule has 0 heterocycles. The monoisotopic (exact) mass is 209 g/mol. The fraction of sp³-hybridized carbons (Fsp3) is 0.364. The van der Waals surface area contributed by atoms with E-state index < -0.39 is 6.10 Å². The van der Waals surface area contributed by atoms with Gasteiger partial charge >= 0.3 is 0 Å². The van der Waals surface area contributed by atoms with Gasteiger partial charge in [0.25, 0.3) is 0 Å². The van der Waals surface area contributed by atoms with E-state index in [1.54, 1.807) is 25.1 Å². The Morgan fingerprint density at radius 1 is 1.60 bits per heavy atom. The summed E-state index contributed by atoms with van der Waals surface area (Å²) in [6, 6.07) is 7.12. The molecule has 0 aromatic heterocycles. The van der Waals surface area contributed by atoms with Crippen LogP contribution in [0.2, 0.25) is 0 Å². The van der Waals surface area contributed by atoms with Crippen molar-refractivity contribution in [3.05, 3.63) is 29.8 Å². The number of amides is 1. The average molecular weight is 209 g/mol. The first kappa shape index (κ1) is 11.5. The lowest BCUT2D eigenvalue weighted by molar-refractivity contribution is -0.118. The molecule has 82 valence electrons. The van der Waals surface area contributed by atoms with Crippen LogP contribution in [-0.2, 0) is 4.79 Å². The normalized spacial score (nSPS) is 12.1. The van der Waals surface area contributed by atoms with Gasteiger partial charge in [0, 0.05) is 0 Å². The number of hydrogen-bond donors (Lipinski definition) is 2. The van der Waals surface area contributed by atoms with Gasteiger partial charge in [-0.05, 0) is 24.6 Å². The van der Waals surface area contributed by atoms with Crippen molar-refractivity contribution in [2.24, 2.45) is 5.73 Å². The summed E-state index contributed by atoms with van der Waals surface area (Å²) in [6.45, 7) is 1.95. The highest BCUT2D eigenvalue weighted by Crippen LogP contribution is 2.18. The molecule has 0 radical (unpaired) electrons. The highest BCUT2D eigenvalue weighted by Gasteiger charge is 2.02. The molecule has 4 nitrogen and oxygen atoms in total. The summed E-state index contributed by atoms with van der Waals surface area (Å²) in [5.41, 5.74) is 5.76. The van der Waals surface area contributed by atoms with Crippen LogP contribution in [0.15, 0.2) is 24.3 Å². The summed E-state index contributed by atoms with van der Waals surface area (Å²) in [5, 5.41) is 9.33. The number of carbonyl (C=O) groups excluding carboxylic acids is 1. The van der Waals surface area contributed by atoms with Crippen LogP contribution >= 0.6 is 0 Å². The Kier molecular flexibility index (Phi) is 4.12. The zero-order valence-corrected chi connectivity index (χ0v) is 8.64. The van der Waals surface area contributed by atoms with Gasteiger partial charge < -0.3 is 15.6 Å². The zero-order valence-electron chi connectivity index (χ0n) is 8.64. The maximum atomic E-state index is 10.5. The van der Waals surface area contributed by atoms with Crippen molar-refractivity contribution in [2.45, 2.75) is 19.4 Å². The lowest BCUT2D eigenvalue weighted by atomic mass is 10.1. The average Bonchev–Trinajstić information content (AvgIpc) is 2.17. The molecule has 0 bridgehead atoms. The molecule has 0 aliphatic carbocycles. The van der Waals surface area contributed by atoms with E-state index in [4.69, 9.17) is 10.5 Å². The number of hydrogen-bond acceptors (Lipinski definition) is 3. The van der Waals surface area contributed by atoms with E-state index in [0.29, 0.717) is 5.75 Å². The molecule has 0 aliphatic heterocycles. The molecular formula is C11H15NO3. The summed E-state index contributed by atoms with van der Waals surface area (Å²) in [7, 11) is 0. The number of rotatable bonds is 5. The molecule has 0 saturated heterocycles. The summed E-state index contributed by atoms with van der Waals surface area (Å²) >= 11 is 0.